The Labute approximate surface area is 153 Å². The second kappa shape index (κ2) is 6.94. The number of carbonyl (C=O) groups excluding carboxylic acids is 2. The zero-order valence-corrected chi connectivity index (χ0v) is 14.4. The van der Waals surface area contributed by atoms with Crippen LogP contribution in [0.3, 0.4) is 0 Å². The number of phenolic OH excluding ortho intramolecular Hbond substituents is 1. The highest BCUT2D eigenvalue weighted by atomic mass is 19.4. The Morgan fingerprint density at radius 2 is 1.96 bits per heavy atom. The zero-order chi connectivity index (χ0) is 19.8. The lowest BCUT2D eigenvalue weighted by Crippen LogP contribution is -2.28. The van der Waals surface area contributed by atoms with Gasteiger partial charge in [-0.2, -0.15) is 13.2 Å². The lowest BCUT2D eigenvalue weighted by Gasteiger charge is -2.18. The maximum atomic E-state index is 12.9. The molecule has 0 spiro atoms. The van der Waals surface area contributed by atoms with Crippen molar-refractivity contribution < 1.29 is 27.9 Å². The third kappa shape index (κ3) is 4.05. The fraction of sp³-hybridized carbons (Fsp3) is 0.263. The number of hydrogen-bond donors (Lipinski definition) is 2. The molecule has 1 aliphatic heterocycles. The molecule has 0 aliphatic carbocycles. The standard InChI is InChI=1S/C19H17F3N2O3/c1-11-5-6-15(16(25)7-11)23-18(27)12-8-17(26)24(10-12)14-4-2-3-13(9-14)19(20,21)22/h2-7,9,12,25H,8,10H2,1H3,(H,23,27)/t12-/m0/s1. The number of halogens is 3. The van der Waals surface area contributed by atoms with Gasteiger partial charge in [0.05, 0.1) is 17.2 Å². The number of rotatable bonds is 3. The average Bonchev–Trinajstić information content (AvgIpc) is 2.99. The predicted molar refractivity (Wildman–Crippen MR) is 93.4 cm³/mol. The topological polar surface area (TPSA) is 69.6 Å². The van der Waals surface area contributed by atoms with E-state index < -0.39 is 29.5 Å². The van der Waals surface area contributed by atoms with E-state index in [1.54, 1.807) is 19.1 Å². The summed E-state index contributed by atoms with van der Waals surface area (Å²) in [5.41, 5.74) is 0.279. The van der Waals surface area contributed by atoms with Crippen molar-refractivity contribution in [1.29, 1.82) is 0 Å². The number of carbonyl (C=O) groups is 2. The van der Waals surface area contributed by atoms with E-state index in [-0.39, 0.29) is 30.1 Å². The molecule has 0 unspecified atom stereocenters. The van der Waals surface area contributed by atoms with E-state index in [1.165, 1.54) is 23.1 Å². The lowest BCUT2D eigenvalue weighted by molar-refractivity contribution is -0.137. The Bertz CT molecular complexity index is 896. The predicted octanol–water partition coefficient (Wildman–Crippen LogP) is 3.71. The molecule has 0 saturated carbocycles. The van der Waals surface area contributed by atoms with Crippen molar-refractivity contribution in [2.45, 2.75) is 19.5 Å². The van der Waals surface area contributed by atoms with Gasteiger partial charge in [0, 0.05) is 18.7 Å². The van der Waals surface area contributed by atoms with Crippen LogP contribution in [0.25, 0.3) is 0 Å². The fourth-order valence-electron chi connectivity index (χ4n) is 2.97. The summed E-state index contributed by atoms with van der Waals surface area (Å²) >= 11 is 0. The van der Waals surface area contributed by atoms with Crippen LogP contribution in [0, 0.1) is 12.8 Å². The maximum absolute atomic E-state index is 12.9. The van der Waals surface area contributed by atoms with Gasteiger partial charge in [0.2, 0.25) is 11.8 Å². The van der Waals surface area contributed by atoms with Crippen molar-refractivity contribution in [3.05, 3.63) is 53.6 Å². The van der Waals surface area contributed by atoms with Gasteiger partial charge in [-0.3, -0.25) is 9.59 Å². The summed E-state index contributed by atoms with van der Waals surface area (Å²) in [7, 11) is 0. The highest BCUT2D eigenvalue weighted by Gasteiger charge is 2.37. The molecular weight excluding hydrogens is 361 g/mol. The van der Waals surface area contributed by atoms with Crippen molar-refractivity contribution in [3.63, 3.8) is 0 Å². The molecule has 142 valence electrons. The second-order valence-corrected chi connectivity index (χ2v) is 6.46. The van der Waals surface area contributed by atoms with Crippen LogP contribution in [0.4, 0.5) is 24.5 Å². The number of alkyl halides is 3. The van der Waals surface area contributed by atoms with Gasteiger partial charge in [0.1, 0.15) is 5.75 Å². The summed E-state index contributed by atoms with van der Waals surface area (Å²) in [5, 5.41) is 12.4. The molecule has 1 saturated heterocycles. The van der Waals surface area contributed by atoms with E-state index in [1.807, 2.05) is 0 Å². The molecule has 2 aromatic carbocycles. The van der Waals surface area contributed by atoms with Crippen LogP contribution in [0.5, 0.6) is 5.75 Å². The number of anilines is 2. The number of aryl methyl sites for hydroxylation is 1. The number of aromatic hydroxyl groups is 1. The number of amides is 2. The summed E-state index contributed by atoms with van der Waals surface area (Å²) in [6, 6.07) is 9.19. The first-order chi connectivity index (χ1) is 12.6. The molecule has 1 atom stereocenters. The van der Waals surface area contributed by atoms with Crippen molar-refractivity contribution in [2.75, 3.05) is 16.8 Å². The van der Waals surface area contributed by atoms with Crippen LogP contribution >= 0.6 is 0 Å². The van der Waals surface area contributed by atoms with Gasteiger partial charge in [0.15, 0.2) is 0 Å². The monoisotopic (exact) mass is 378 g/mol. The summed E-state index contributed by atoms with van der Waals surface area (Å²) in [4.78, 5) is 25.8. The summed E-state index contributed by atoms with van der Waals surface area (Å²) < 4.78 is 38.6. The number of hydrogen-bond acceptors (Lipinski definition) is 3. The number of nitrogens with one attached hydrogen (secondary N) is 1. The third-order valence-electron chi connectivity index (χ3n) is 4.39. The van der Waals surface area contributed by atoms with Gasteiger partial charge in [-0.25, -0.2) is 0 Å². The first kappa shape index (κ1) is 18.8. The third-order valence-corrected chi connectivity index (χ3v) is 4.39. The summed E-state index contributed by atoms with van der Waals surface area (Å²) in [6.45, 7) is 1.76. The van der Waals surface area contributed by atoms with E-state index in [9.17, 15) is 27.9 Å². The molecule has 8 heteroatoms. The number of phenols is 1. The molecule has 5 nitrogen and oxygen atoms in total. The molecule has 1 aliphatic rings. The van der Waals surface area contributed by atoms with Crippen LogP contribution in [-0.2, 0) is 15.8 Å². The fourth-order valence-corrected chi connectivity index (χ4v) is 2.97. The normalized spacial score (nSPS) is 17.3. The lowest BCUT2D eigenvalue weighted by atomic mass is 10.1. The van der Waals surface area contributed by atoms with E-state index in [4.69, 9.17) is 0 Å². The molecule has 2 N–H and O–H groups in total. The number of benzene rings is 2. The Morgan fingerprint density at radius 3 is 2.63 bits per heavy atom. The highest BCUT2D eigenvalue weighted by molar-refractivity contribution is 6.03. The minimum absolute atomic E-state index is 0.0292. The van der Waals surface area contributed by atoms with E-state index in [0.717, 1.165) is 17.7 Å². The van der Waals surface area contributed by atoms with Gasteiger partial charge < -0.3 is 15.3 Å². The SMILES string of the molecule is Cc1ccc(NC(=O)[C@H]2CC(=O)N(c3cccc(C(F)(F)F)c3)C2)c(O)c1. The first-order valence-corrected chi connectivity index (χ1v) is 8.23. The molecular formula is C19H17F3N2O3. The maximum Gasteiger partial charge on any atom is 0.416 e. The summed E-state index contributed by atoms with van der Waals surface area (Å²) in [6.07, 6.45) is -4.63. The van der Waals surface area contributed by atoms with Crippen LogP contribution in [0.1, 0.15) is 17.5 Å². The van der Waals surface area contributed by atoms with Crippen molar-refractivity contribution in [2.24, 2.45) is 5.92 Å². The minimum atomic E-state index is -4.52. The second-order valence-electron chi connectivity index (χ2n) is 6.46. The molecule has 0 bridgehead atoms. The Kier molecular flexibility index (Phi) is 4.82. The van der Waals surface area contributed by atoms with Crippen LogP contribution in [0.15, 0.2) is 42.5 Å². The Hall–Kier alpha value is -3.03. The van der Waals surface area contributed by atoms with Crippen molar-refractivity contribution >= 4 is 23.2 Å². The van der Waals surface area contributed by atoms with Gasteiger partial charge in [0.25, 0.3) is 0 Å². The Balaban J connectivity index is 1.74. The minimum Gasteiger partial charge on any atom is -0.506 e. The molecule has 27 heavy (non-hydrogen) atoms. The van der Waals surface area contributed by atoms with Crippen molar-refractivity contribution in [1.82, 2.24) is 0 Å². The van der Waals surface area contributed by atoms with Gasteiger partial charge >= 0.3 is 6.18 Å². The highest BCUT2D eigenvalue weighted by Crippen LogP contribution is 2.34. The quantitative estimate of drug-likeness (QED) is 0.800. The van der Waals surface area contributed by atoms with Crippen molar-refractivity contribution in [3.8, 4) is 5.75 Å². The molecule has 3 rings (SSSR count). The van der Waals surface area contributed by atoms with E-state index in [2.05, 4.69) is 5.32 Å². The van der Waals surface area contributed by atoms with Crippen LogP contribution < -0.4 is 10.2 Å². The molecule has 2 amide bonds. The van der Waals surface area contributed by atoms with Gasteiger partial charge in [-0.05, 0) is 42.8 Å². The smallest absolute Gasteiger partial charge is 0.416 e. The summed E-state index contributed by atoms with van der Waals surface area (Å²) in [5.74, 6) is -1.73. The Morgan fingerprint density at radius 1 is 1.22 bits per heavy atom. The molecule has 1 heterocycles. The largest absolute Gasteiger partial charge is 0.506 e. The van der Waals surface area contributed by atoms with E-state index in [0.29, 0.717) is 0 Å². The van der Waals surface area contributed by atoms with Gasteiger partial charge in [-0.1, -0.05) is 12.1 Å². The first-order valence-electron chi connectivity index (χ1n) is 8.23. The van der Waals surface area contributed by atoms with Gasteiger partial charge in [-0.15, -0.1) is 0 Å². The van der Waals surface area contributed by atoms with E-state index >= 15 is 0 Å². The molecule has 0 aromatic heterocycles. The molecule has 1 fully saturated rings. The molecule has 2 aromatic rings. The average molecular weight is 378 g/mol. The molecule has 0 radical (unpaired) electrons. The van der Waals surface area contributed by atoms with Crippen LogP contribution in [-0.4, -0.2) is 23.5 Å². The van der Waals surface area contributed by atoms with Crippen LogP contribution in [0.2, 0.25) is 0 Å². The zero-order valence-electron chi connectivity index (χ0n) is 14.4. The number of nitrogens with zero attached hydrogens (tertiary/aromatic N) is 1.